The van der Waals surface area contributed by atoms with Gasteiger partial charge in [-0.3, -0.25) is 4.79 Å². The van der Waals surface area contributed by atoms with Crippen molar-refractivity contribution < 1.29 is 4.79 Å². The van der Waals surface area contributed by atoms with Gasteiger partial charge < -0.3 is 21.7 Å². The SMILES string of the molecule is NC1CCC(Nc2nc(Nc3ccc4c(c3)CCC(=O)N4)ncc2C2CC2)CC1. The number of fused-ring (bicyclic) bond motifs is 1. The van der Waals surface area contributed by atoms with Gasteiger partial charge in [0.2, 0.25) is 11.9 Å². The van der Waals surface area contributed by atoms with E-state index in [-0.39, 0.29) is 5.91 Å². The first kappa shape index (κ1) is 18.4. The topological polar surface area (TPSA) is 105 Å². The van der Waals surface area contributed by atoms with E-state index in [0.29, 0.717) is 30.4 Å². The Kier molecular flexibility index (Phi) is 4.83. The van der Waals surface area contributed by atoms with Gasteiger partial charge >= 0.3 is 0 Å². The summed E-state index contributed by atoms with van der Waals surface area (Å²) in [6, 6.07) is 6.74. The zero-order valence-corrected chi connectivity index (χ0v) is 16.6. The number of nitrogens with zero attached hydrogens (tertiary/aromatic N) is 2. The van der Waals surface area contributed by atoms with Crippen LogP contribution < -0.4 is 21.7 Å². The third-order valence-corrected chi connectivity index (χ3v) is 6.20. The van der Waals surface area contributed by atoms with Gasteiger partial charge in [0.1, 0.15) is 5.82 Å². The maximum atomic E-state index is 11.6. The first-order valence-corrected chi connectivity index (χ1v) is 10.7. The molecule has 1 aliphatic heterocycles. The Morgan fingerprint density at radius 3 is 2.69 bits per heavy atom. The molecule has 3 aliphatic rings. The molecule has 2 fully saturated rings. The molecule has 0 saturated heterocycles. The number of nitrogens with two attached hydrogens (primary N) is 1. The van der Waals surface area contributed by atoms with Crippen molar-refractivity contribution in [2.75, 3.05) is 16.0 Å². The molecule has 2 aromatic rings. The number of benzene rings is 1. The quantitative estimate of drug-likeness (QED) is 0.619. The molecule has 5 rings (SSSR count). The van der Waals surface area contributed by atoms with Gasteiger partial charge in [-0.2, -0.15) is 4.98 Å². The van der Waals surface area contributed by atoms with Crippen LogP contribution in [0.5, 0.6) is 0 Å². The fourth-order valence-electron chi connectivity index (χ4n) is 4.31. The van der Waals surface area contributed by atoms with E-state index < -0.39 is 0 Å². The monoisotopic (exact) mass is 392 g/mol. The second kappa shape index (κ2) is 7.63. The average Bonchev–Trinajstić information content (AvgIpc) is 3.55. The number of carbonyl (C=O) groups is 1. The molecule has 2 aliphatic carbocycles. The van der Waals surface area contributed by atoms with Gasteiger partial charge in [-0.15, -0.1) is 0 Å². The minimum atomic E-state index is 0.0802. The summed E-state index contributed by atoms with van der Waals surface area (Å²) in [5.41, 5.74) is 10.3. The second-order valence-corrected chi connectivity index (χ2v) is 8.57. The summed E-state index contributed by atoms with van der Waals surface area (Å²) < 4.78 is 0. The maximum absolute atomic E-state index is 11.6. The van der Waals surface area contributed by atoms with Crippen LogP contribution in [0.4, 0.5) is 23.1 Å². The maximum Gasteiger partial charge on any atom is 0.229 e. The van der Waals surface area contributed by atoms with Crippen molar-refractivity contribution in [3.8, 4) is 0 Å². The summed E-state index contributed by atoms with van der Waals surface area (Å²) >= 11 is 0. The number of amides is 1. The molecule has 1 amide bonds. The summed E-state index contributed by atoms with van der Waals surface area (Å²) in [6.45, 7) is 0. The molecule has 5 N–H and O–H groups in total. The Labute approximate surface area is 170 Å². The van der Waals surface area contributed by atoms with E-state index in [1.54, 1.807) is 0 Å². The van der Waals surface area contributed by atoms with Crippen molar-refractivity contribution in [1.82, 2.24) is 9.97 Å². The molecule has 1 aromatic heterocycles. The van der Waals surface area contributed by atoms with Gasteiger partial charge in [0.05, 0.1) is 0 Å². The lowest BCUT2D eigenvalue weighted by Gasteiger charge is -2.28. The molecule has 0 atom stereocenters. The Morgan fingerprint density at radius 1 is 1.07 bits per heavy atom. The molecule has 29 heavy (non-hydrogen) atoms. The Bertz CT molecular complexity index is 918. The number of anilines is 4. The fourth-order valence-corrected chi connectivity index (χ4v) is 4.31. The van der Waals surface area contributed by atoms with Crippen LogP contribution in [-0.2, 0) is 11.2 Å². The van der Waals surface area contributed by atoms with Crippen LogP contribution in [0.2, 0.25) is 0 Å². The summed E-state index contributed by atoms with van der Waals surface area (Å²) in [5, 5.41) is 9.94. The first-order valence-electron chi connectivity index (χ1n) is 10.7. The predicted octanol–water partition coefficient (Wildman–Crippen LogP) is 3.66. The minimum absolute atomic E-state index is 0.0802. The fraction of sp³-hybridized carbons (Fsp3) is 0.500. The van der Waals surface area contributed by atoms with E-state index >= 15 is 0 Å². The van der Waals surface area contributed by atoms with Crippen LogP contribution in [0.25, 0.3) is 0 Å². The Morgan fingerprint density at radius 2 is 1.90 bits per heavy atom. The van der Waals surface area contributed by atoms with E-state index in [0.717, 1.165) is 54.9 Å². The number of aryl methyl sites for hydroxylation is 1. The van der Waals surface area contributed by atoms with Crippen LogP contribution in [0.15, 0.2) is 24.4 Å². The summed E-state index contributed by atoms with van der Waals surface area (Å²) in [6.07, 6.45) is 10.0. The summed E-state index contributed by atoms with van der Waals surface area (Å²) in [7, 11) is 0. The van der Waals surface area contributed by atoms with Gasteiger partial charge in [-0.1, -0.05) is 0 Å². The van der Waals surface area contributed by atoms with Gasteiger partial charge in [0.25, 0.3) is 0 Å². The smallest absolute Gasteiger partial charge is 0.229 e. The van der Waals surface area contributed by atoms with E-state index in [2.05, 4.69) is 27.0 Å². The Hall–Kier alpha value is -2.67. The highest BCUT2D eigenvalue weighted by atomic mass is 16.1. The van der Waals surface area contributed by atoms with Gasteiger partial charge in [0.15, 0.2) is 0 Å². The molecular formula is C22H28N6O. The average molecular weight is 393 g/mol. The predicted molar refractivity (Wildman–Crippen MR) is 115 cm³/mol. The molecule has 2 heterocycles. The second-order valence-electron chi connectivity index (χ2n) is 8.57. The van der Waals surface area contributed by atoms with Crippen LogP contribution >= 0.6 is 0 Å². The highest BCUT2D eigenvalue weighted by Crippen LogP contribution is 2.43. The van der Waals surface area contributed by atoms with Crippen molar-refractivity contribution in [1.29, 1.82) is 0 Å². The highest BCUT2D eigenvalue weighted by Gasteiger charge is 2.29. The third kappa shape index (κ3) is 4.19. The molecule has 7 heteroatoms. The van der Waals surface area contributed by atoms with Gasteiger partial charge in [-0.05, 0) is 74.6 Å². The van der Waals surface area contributed by atoms with Gasteiger partial charge in [0, 0.05) is 41.6 Å². The molecule has 1 aromatic carbocycles. The molecule has 7 nitrogen and oxygen atoms in total. The molecule has 2 saturated carbocycles. The van der Waals surface area contributed by atoms with Crippen molar-refractivity contribution in [2.24, 2.45) is 5.73 Å². The third-order valence-electron chi connectivity index (χ3n) is 6.20. The van der Waals surface area contributed by atoms with E-state index in [1.807, 2.05) is 18.3 Å². The number of rotatable bonds is 5. The summed E-state index contributed by atoms with van der Waals surface area (Å²) in [4.78, 5) is 21.0. The van der Waals surface area contributed by atoms with Crippen molar-refractivity contribution in [2.45, 2.75) is 69.4 Å². The van der Waals surface area contributed by atoms with Crippen LogP contribution in [0, 0.1) is 0 Å². The number of aromatic nitrogens is 2. The van der Waals surface area contributed by atoms with Gasteiger partial charge in [-0.25, -0.2) is 4.98 Å². The number of carbonyl (C=O) groups excluding carboxylic acids is 1. The minimum Gasteiger partial charge on any atom is -0.367 e. The molecule has 0 unspecified atom stereocenters. The normalized spacial score (nSPS) is 23.8. The van der Waals surface area contributed by atoms with Crippen molar-refractivity contribution in [3.63, 3.8) is 0 Å². The highest BCUT2D eigenvalue weighted by molar-refractivity contribution is 5.94. The molecular weight excluding hydrogens is 364 g/mol. The zero-order chi connectivity index (χ0) is 19.8. The van der Waals surface area contributed by atoms with E-state index in [9.17, 15) is 4.79 Å². The first-order chi connectivity index (χ1) is 14.1. The van der Waals surface area contributed by atoms with Crippen molar-refractivity contribution in [3.05, 3.63) is 35.5 Å². The van der Waals surface area contributed by atoms with Crippen LogP contribution in [-0.4, -0.2) is 28.0 Å². The van der Waals surface area contributed by atoms with E-state index in [1.165, 1.54) is 18.4 Å². The Balaban J connectivity index is 1.34. The van der Waals surface area contributed by atoms with Crippen molar-refractivity contribution >= 4 is 29.0 Å². The largest absolute Gasteiger partial charge is 0.367 e. The molecule has 152 valence electrons. The lowest BCUT2D eigenvalue weighted by Crippen LogP contribution is -2.33. The molecule has 0 spiro atoms. The molecule has 0 bridgehead atoms. The lowest BCUT2D eigenvalue weighted by molar-refractivity contribution is -0.116. The van der Waals surface area contributed by atoms with Crippen LogP contribution in [0.1, 0.15) is 62.0 Å². The van der Waals surface area contributed by atoms with Crippen LogP contribution in [0.3, 0.4) is 0 Å². The number of hydrogen-bond donors (Lipinski definition) is 4. The van der Waals surface area contributed by atoms with E-state index in [4.69, 9.17) is 10.7 Å². The number of hydrogen-bond acceptors (Lipinski definition) is 6. The standard InChI is InChI=1S/C22H28N6O/c23-15-4-6-16(7-5-15)25-21-18(13-1-2-13)12-24-22(28-21)26-17-8-9-19-14(11-17)3-10-20(29)27-19/h8-9,11-13,15-16H,1-7,10,23H2,(H,27,29)(H2,24,25,26,28). The summed E-state index contributed by atoms with van der Waals surface area (Å²) in [5.74, 6) is 2.24. The zero-order valence-electron chi connectivity index (χ0n) is 16.6. The number of nitrogens with one attached hydrogen (secondary N) is 3. The molecule has 0 radical (unpaired) electrons. The lowest BCUT2D eigenvalue weighted by atomic mass is 9.92.